The van der Waals surface area contributed by atoms with Gasteiger partial charge in [-0.05, 0) is 29.1 Å². The second-order valence-electron chi connectivity index (χ2n) is 7.18. The Morgan fingerprint density at radius 1 is 0.864 bits per heavy atom. The Morgan fingerprint density at radius 2 is 1.32 bits per heavy atom. The summed E-state index contributed by atoms with van der Waals surface area (Å²) in [6.07, 6.45) is -0.134. The van der Waals surface area contributed by atoms with E-state index in [9.17, 15) is 5.26 Å². The average molecular weight is 318 g/mol. The molecule has 0 amide bonds. The van der Waals surface area contributed by atoms with Gasteiger partial charge in [-0.15, -0.1) is 0 Å². The molecule has 0 fully saturated rings. The first-order chi connectivity index (χ1) is 10.3. The van der Waals surface area contributed by atoms with E-state index in [4.69, 9.17) is 4.43 Å². The number of benzene rings is 1. The van der Waals surface area contributed by atoms with Crippen molar-refractivity contribution in [3.63, 3.8) is 0 Å². The fourth-order valence-electron chi connectivity index (χ4n) is 3.80. The molecule has 0 bridgehead atoms. The van der Waals surface area contributed by atoms with Gasteiger partial charge in [-0.2, -0.15) is 5.26 Å². The minimum Gasteiger partial charge on any atom is -0.408 e. The largest absolute Gasteiger partial charge is 0.408 e. The van der Waals surface area contributed by atoms with Crippen LogP contribution in [0.1, 0.15) is 60.1 Å². The summed E-state index contributed by atoms with van der Waals surface area (Å²) in [7, 11) is -2.00. The Balaban J connectivity index is 3.29. The van der Waals surface area contributed by atoms with Crippen LogP contribution in [0.4, 0.5) is 0 Å². The molecule has 2 atom stereocenters. The lowest BCUT2D eigenvalue weighted by molar-refractivity contribution is 0.144. The zero-order chi connectivity index (χ0) is 16.9. The van der Waals surface area contributed by atoms with Crippen molar-refractivity contribution < 1.29 is 4.43 Å². The molecule has 0 aliphatic heterocycles. The van der Waals surface area contributed by atoms with E-state index in [-0.39, 0.29) is 12.0 Å². The molecule has 1 rings (SSSR count). The second-order valence-corrected chi connectivity index (χ2v) is 12.6. The molecule has 0 aromatic heterocycles. The second kappa shape index (κ2) is 7.94. The molecule has 3 heteroatoms. The first kappa shape index (κ1) is 18.9. The van der Waals surface area contributed by atoms with Gasteiger partial charge in [0.15, 0.2) is 0 Å². The van der Waals surface area contributed by atoms with Crippen molar-refractivity contribution in [3.05, 3.63) is 35.9 Å². The molecule has 0 spiro atoms. The summed E-state index contributed by atoms with van der Waals surface area (Å²) in [4.78, 5) is 0. The summed E-state index contributed by atoms with van der Waals surface area (Å²) >= 11 is 0. The Kier molecular flexibility index (Phi) is 6.84. The Morgan fingerprint density at radius 3 is 1.68 bits per heavy atom. The van der Waals surface area contributed by atoms with Crippen LogP contribution in [-0.2, 0) is 4.43 Å². The van der Waals surface area contributed by atoms with Crippen molar-refractivity contribution in [3.8, 4) is 6.07 Å². The predicted molar refractivity (Wildman–Crippen MR) is 96.1 cm³/mol. The molecule has 122 valence electrons. The first-order valence-corrected chi connectivity index (χ1v) is 10.5. The minimum atomic E-state index is -2.00. The molecule has 1 aromatic rings. The monoisotopic (exact) mass is 317 g/mol. The Hall–Kier alpha value is -1.11. The van der Waals surface area contributed by atoms with Crippen LogP contribution in [0.5, 0.6) is 0 Å². The van der Waals surface area contributed by atoms with Crippen LogP contribution in [0.2, 0.25) is 16.6 Å². The van der Waals surface area contributed by atoms with Crippen LogP contribution >= 0.6 is 0 Å². The zero-order valence-electron chi connectivity index (χ0n) is 15.1. The number of hydrogen-bond acceptors (Lipinski definition) is 2. The van der Waals surface area contributed by atoms with Crippen LogP contribution in [0.25, 0.3) is 0 Å². The third-order valence-corrected chi connectivity index (χ3v) is 10.9. The lowest BCUT2D eigenvalue weighted by Gasteiger charge is -2.45. The van der Waals surface area contributed by atoms with Crippen LogP contribution in [0.3, 0.4) is 0 Å². The molecule has 0 aliphatic carbocycles. The third-order valence-electron chi connectivity index (χ3n) is 4.82. The number of hydrogen-bond donors (Lipinski definition) is 0. The molecule has 22 heavy (non-hydrogen) atoms. The van der Waals surface area contributed by atoms with Crippen LogP contribution < -0.4 is 0 Å². The first-order valence-electron chi connectivity index (χ1n) is 8.39. The van der Waals surface area contributed by atoms with E-state index in [1.165, 1.54) is 0 Å². The van der Waals surface area contributed by atoms with Crippen molar-refractivity contribution in [2.45, 2.75) is 71.2 Å². The van der Waals surface area contributed by atoms with Crippen LogP contribution in [-0.4, -0.2) is 8.32 Å². The molecule has 0 saturated heterocycles. The zero-order valence-corrected chi connectivity index (χ0v) is 16.1. The molecule has 0 heterocycles. The van der Waals surface area contributed by atoms with E-state index in [0.717, 1.165) is 5.56 Å². The minimum absolute atomic E-state index is 0.134. The highest BCUT2D eigenvalue weighted by Crippen LogP contribution is 2.46. The SMILES string of the molecule is CC(C#N)C(O[Si](C(C)C)(C(C)C)C(C)C)c1ccccc1. The van der Waals surface area contributed by atoms with Gasteiger partial charge in [-0.3, -0.25) is 0 Å². The van der Waals surface area contributed by atoms with Crippen LogP contribution in [0.15, 0.2) is 30.3 Å². The quantitative estimate of drug-likeness (QED) is 0.571. The molecule has 1 aromatic carbocycles. The summed E-state index contributed by atoms with van der Waals surface area (Å²) in [5.41, 5.74) is 2.68. The molecular weight excluding hydrogens is 286 g/mol. The molecule has 0 saturated carbocycles. The highest BCUT2D eigenvalue weighted by atomic mass is 28.4. The summed E-state index contributed by atoms with van der Waals surface area (Å²) in [5.74, 6) is -0.148. The summed E-state index contributed by atoms with van der Waals surface area (Å²) in [5, 5.41) is 9.46. The summed E-state index contributed by atoms with van der Waals surface area (Å²) in [6, 6.07) is 12.6. The fraction of sp³-hybridized carbons (Fsp3) is 0.632. The molecule has 0 N–H and O–H groups in total. The number of nitrogens with zero attached hydrogens (tertiary/aromatic N) is 1. The lowest BCUT2D eigenvalue weighted by Crippen LogP contribution is -2.49. The van der Waals surface area contributed by atoms with Gasteiger partial charge in [0.25, 0.3) is 0 Å². The van der Waals surface area contributed by atoms with Gasteiger partial charge in [0.2, 0.25) is 8.32 Å². The fourth-order valence-corrected chi connectivity index (χ4v) is 9.39. The van der Waals surface area contributed by atoms with Crippen LogP contribution in [0, 0.1) is 17.2 Å². The van der Waals surface area contributed by atoms with E-state index in [1.54, 1.807) is 0 Å². The Bertz CT molecular complexity index is 468. The van der Waals surface area contributed by atoms with E-state index in [2.05, 4.69) is 59.7 Å². The van der Waals surface area contributed by atoms with Crippen molar-refractivity contribution >= 4 is 8.32 Å². The molecule has 0 radical (unpaired) electrons. The molecule has 2 unspecified atom stereocenters. The third kappa shape index (κ3) is 3.80. The predicted octanol–water partition coefficient (Wildman–Crippen LogP) is 6.08. The van der Waals surface area contributed by atoms with Gasteiger partial charge < -0.3 is 4.43 Å². The molecular formula is C19H31NOSi. The van der Waals surface area contributed by atoms with Gasteiger partial charge in [0.1, 0.15) is 0 Å². The molecule has 2 nitrogen and oxygen atoms in total. The highest BCUT2D eigenvalue weighted by molar-refractivity contribution is 6.77. The van der Waals surface area contributed by atoms with E-state index < -0.39 is 8.32 Å². The normalized spacial score (nSPS) is 15.1. The van der Waals surface area contributed by atoms with E-state index in [0.29, 0.717) is 16.6 Å². The number of nitriles is 1. The van der Waals surface area contributed by atoms with Crippen molar-refractivity contribution in [1.29, 1.82) is 5.26 Å². The maximum absolute atomic E-state index is 9.46. The van der Waals surface area contributed by atoms with E-state index in [1.807, 2.05) is 25.1 Å². The summed E-state index contributed by atoms with van der Waals surface area (Å²) < 4.78 is 6.88. The van der Waals surface area contributed by atoms with Gasteiger partial charge in [0, 0.05) is 0 Å². The molecule has 0 aliphatic rings. The standard InChI is InChI=1S/C19H31NOSi/c1-14(2)22(15(3)4,16(5)6)21-19(17(7)13-20)18-11-9-8-10-12-18/h8-12,14-17,19H,1-7H3. The Labute approximate surface area is 137 Å². The lowest BCUT2D eigenvalue weighted by atomic mass is 9.99. The van der Waals surface area contributed by atoms with E-state index >= 15 is 0 Å². The maximum atomic E-state index is 9.46. The number of rotatable bonds is 7. The smallest absolute Gasteiger partial charge is 0.201 e. The van der Waals surface area contributed by atoms with Gasteiger partial charge in [-0.1, -0.05) is 71.9 Å². The van der Waals surface area contributed by atoms with Crippen molar-refractivity contribution in [2.24, 2.45) is 5.92 Å². The van der Waals surface area contributed by atoms with Gasteiger partial charge in [0.05, 0.1) is 18.1 Å². The van der Waals surface area contributed by atoms with Crippen molar-refractivity contribution in [2.75, 3.05) is 0 Å². The average Bonchev–Trinajstić information content (AvgIpc) is 2.47. The highest BCUT2D eigenvalue weighted by Gasteiger charge is 2.47. The van der Waals surface area contributed by atoms with Gasteiger partial charge in [-0.25, -0.2) is 0 Å². The summed E-state index contributed by atoms with van der Waals surface area (Å²) in [6.45, 7) is 15.7. The van der Waals surface area contributed by atoms with Gasteiger partial charge >= 0.3 is 0 Å². The maximum Gasteiger partial charge on any atom is 0.201 e. The topological polar surface area (TPSA) is 33.0 Å². The van der Waals surface area contributed by atoms with Crippen molar-refractivity contribution in [1.82, 2.24) is 0 Å².